The molecule has 1 aromatic carbocycles. The average Bonchev–Trinajstić information content (AvgIpc) is 2.54. The molecule has 0 atom stereocenters. The topological polar surface area (TPSA) is 78.2 Å². The maximum absolute atomic E-state index is 12.9. The molecule has 5 heteroatoms. The van der Waals surface area contributed by atoms with E-state index in [4.69, 9.17) is 5.26 Å². The Kier molecular flexibility index (Phi) is 4.89. The van der Waals surface area contributed by atoms with Crippen molar-refractivity contribution in [3.05, 3.63) is 34.4 Å². The summed E-state index contributed by atoms with van der Waals surface area (Å²) in [5.74, 6) is 4.79. The van der Waals surface area contributed by atoms with Gasteiger partial charge in [-0.2, -0.15) is 5.26 Å². The van der Waals surface area contributed by atoms with Gasteiger partial charge >= 0.3 is 0 Å². The number of hydrogen-bond donors (Lipinski definition) is 0. The van der Waals surface area contributed by atoms with Gasteiger partial charge in [0, 0.05) is 36.9 Å². The lowest BCUT2D eigenvalue weighted by Gasteiger charge is -2.52. The minimum Gasteiger partial charge on any atom is -0.341 e. The molecule has 1 spiro atoms. The molecule has 1 amide bonds. The number of aryl methyl sites for hydroxylation is 2. The highest BCUT2D eigenvalue weighted by molar-refractivity contribution is 6.11. The van der Waals surface area contributed by atoms with Crippen LogP contribution in [0.2, 0.25) is 0 Å². The third-order valence-corrected chi connectivity index (χ3v) is 5.53. The number of nitriles is 1. The summed E-state index contributed by atoms with van der Waals surface area (Å²) in [5, 5.41) is 8.64. The van der Waals surface area contributed by atoms with Crippen molar-refractivity contribution in [1.29, 1.82) is 5.26 Å². The van der Waals surface area contributed by atoms with Crippen LogP contribution in [0.4, 0.5) is 0 Å². The van der Waals surface area contributed by atoms with Crippen molar-refractivity contribution in [2.75, 3.05) is 13.1 Å². The molecular weight excluding hydrogens is 340 g/mol. The van der Waals surface area contributed by atoms with Gasteiger partial charge in [-0.3, -0.25) is 14.4 Å². The fourth-order valence-corrected chi connectivity index (χ4v) is 4.50. The van der Waals surface area contributed by atoms with Gasteiger partial charge in [0.1, 0.15) is 23.9 Å². The van der Waals surface area contributed by atoms with Crippen LogP contribution >= 0.6 is 0 Å². The van der Waals surface area contributed by atoms with Gasteiger partial charge < -0.3 is 4.90 Å². The number of rotatable bonds is 2. The minimum absolute atomic E-state index is 0.0702. The van der Waals surface area contributed by atoms with Gasteiger partial charge in [0.2, 0.25) is 5.91 Å². The molecule has 2 aliphatic rings. The fraction of sp³-hybridized carbons (Fsp3) is 0.455. The summed E-state index contributed by atoms with van der Waals surface area (Å²) in [6, 6.07) is 5.70. The van der Waals surface area contributed by atoms with Crippen molar-refractivity contribution >= 4 is 17.5 Å². The molecule has 0 bridgehead atoms. The first-order valence-corrected chi connectivity index (χ1v) is 9.04. The molecular formula is C22H22N2O3. The van der Waals surface area contributed by atoms with Gasteiger partial charge in [0.25, 0.3) is 0 Å². The van der Waals surface area contributed by atoms with Gasteiger partial charge in [-0.1, -0.05) is 5.92 Å². The van der Waals surface area contributed by atoms with Crippen LogP contribution in [0.1, 0.15) is 54.4 Å². The van der Waals surface area contributed by atoms with Crippen molar-refractivity contribution in [1.82, 2.24) is 4.90 Å². The van der Waals surface area contributed by atoms with E-state index in [0.717, 1.165) is 22.3 Å². The molecule has 1 aromatic rings. The molecule has 1 aliphatic carbocycles. The van der Waals surface area contributed by atoms with Gasteiger partial charge in [0.05, 0.1) is 6.07 Å². The van der Waals surface area contributed by atoms with Crippen LogP contribution in [0.25, 0.3) is 0 Å². The highest BCUT2D eigenvalue weighted by Gasteiger charge is 2.53. The molecule has 27 heavy (non-hydrogen) atoms. The van der Waals surface area contributed by atoms with E-state index in [-0.39, 0.29) is 23.9 Å². The molecule has 1 saturated carbocycles. The molecule has 3 rings (SSSR count). The standard InChI is InChI=1S/C22H22N2O3/c1-4-5-16-8-14(2)20(15(3)9-16)21-17(25)10-22(11-18(21)26)12-24(13-22)19(27)6-7-23/h8-9,21H,6,10-13H2,1-3H3. The number of carbonyl (C=O) groups is 3. The van der Waals surface area contributed by atoms with Crippen LogP contribution in [0.5, 0.6) is 0 Å². The predicted molar refractivity (Wildman–Crippen MR) is 99.7 cm³/mol. The zero-order valence-corrected chi connectivity index (χ0v) is 15.9. The van der Waals surface area contributed by atoms with Crippen molar-refractivity contribution in [3.63, 3.8) is 0 Å². The number of amides is 1. The van der Waals surface area contributed by atoms with Crippen molar-refractivity contribution < 1.29 is 14.4 Å². The molecule has 1 aliphatic heterocycles. The number of hydrogen-bond acceptors (Lipinski definition) is 4. The third kappa shape index (κ3) is 3.38. The van der Waals surface area contributed by atoms with Gasteiger partial charge in [-0.25, -0.2) is 0 Å². The van der Waals surface area contributed by atoms with Gasteiger partial charge in [0.15, 0.2) is 0 Å². The summed E-state index contributed by atoms with van der Waals surface area (Å²) in [7, 11) is 0. The largest absolute Gasteiger partial charge is 0.341 e. The zero-order chi connectivity index (χ0) is 19.8. The molecule has 0 unspecified atom stereocenters. The zero-order valence-electron chi connectivity index (χ0n) is 15.9. The van der Waals surface area contributed by atoms with E-state index in [1.54, 1.807) is 11.8 Å². The lowest BCUT2D eigenvalue weighted by Crippen LogP contribution is -2.62. The van der Waals surface area contributed by atoms with E-state index in [1.165, 1.54) is 0 Å². The van der Waals surface area contributed by atoms with Crippen LogP contribution in [0.3, 0.4) is 0 Å². The lowest BCUT2D eigenvalue weighted by molar-refractivity contribution is -0.154. The minimum atomic E-state index is -0.719. The molecule has 138 valence electrons. The lowest BCUT2D eigenvalue weighted by atomic mass is 9.63. The van der Waals surface area contributed by atoms with Crippen LogP contribution in [0.15, 0.2) is 12.1 Å². The summed E-state index contributed by atoms with van der Waals surface area (Å²) in [6.07, 6.45) is 0.441. The van der Waals surface area contributed by atoms with Crippen LogP contribution in [-0.4, -0.2) is 35.5 Å². The second-order valence-electron chi connectivity index (χ2n) is 7.70. The Balaban J connectivity index is 1.81. The Bertz CT molecular complexity index is 894. The number of ketones is 2. The summed E-state index contributed by atoms with van der Waals surface area (Å²) < 4.78 is 0. The second kappa shape index (κ2) is 7.00. The molecule has 2 fully saturated rings. The monoisotopic (exact) mass is 362 g/mol. The normalized spacial score (nSPS) is 18.5. The van der Waals surface area contributed by atoms with E-state index in [9.17, 15) is 14.4 Å². The first kappa shape index (κ1) is 18.9. The maximum atomic E-state index is 12.9. The first-order chi connectivity index (χ1) is 12.8. The Morgan fingerprint density at radius 2 is 1.74 bits per heavy atom. The molecule has 0 radical (unpaired) electrons. The third-order valence-electron chi connectivity index (χ3n) is 5.53. The number of benzene rings is 1. The number of nitrogens with zero attached hydrogens (tertiary/aromatic N) is 2. The van der Waals surface area contributed by atoms with E-state index in [0.29, 0.717) is 25.9 Å². The quantitative estimate of drug-likeness (QED) is 0.598. The highest BCUT2D eigenvalue weighted by atomic mass is 16.2. The Morgan fingerprint density at radius 3 is 2.22 bits per heavy atom. The molecule has 1 saturated heterocycles. The van der Waals surface area contributed by atoms with Crippen molar-refractivity contribution in [2.45, 2.75) is 46.0 Å². The predicted octanol–water partition coefficient (Wildman–Crippen LogP) is 2.43. The SMILES string of the molecule is CC#Cc1cc(C)c(C2C(=O)CC3(CC2=O)CN(C(=O)CC#N)C3)c(C)c1. The van der Waals surface area contributed by atoms with E-state index < -0.39 is 11.3 Å². The molecule has 0 N–H and O–H groups in total. The smallest absolute Gasteiger partial charge is 0.236 e. The van der Waals surface area contributed by atoms with E-state index in [2.05, 4.69) is 11.8 Å². The number of carbonyl (C=O) groups excluding carboxylic acids is 3. The Hall–Kier alpha value is -2.92. The number of Topliss-reactive ketones (excluding diaryl/α,β-unsaturated/α-hetero) is 2. The maximum Gasteiger partial charge on any atom is 0.236 e. The van der Waals surface area contributed by atoms with Gasteiger partial charge in [-0.05, 0) is 49.6 Å². The average molecular weight is 362 g/mol. The van der Waals surface area contributed by atoms with E-state index in [1.807, 2.05) is 32.0 Å². The van der Waals surface area contributed by atoms with Crippen LogP contribution < -0.4 is 0 Å². The highest BCUT2D eigenvalue weighted by Crippen LogP contribution is 2.46. The Labute approximate surface area is 159 Å². The molecule has 1 heterocycles. The van der Waals surface area contributed by atoms with Crippen molar-refractivity contribution in [3.8, 4) is 17.9 Å². The second-order valence-corrected chi connectivity index (χ2v) is 7.70. The summed E-state index contributed by atoms with van der Waals surface area (Å²) in [5.41, 5.74) is 3.07. The fourth-order valence-electron chi connectivity index (χ4n) is 4.50. The number of likely N-dealkylation sites (tertiary alicyclic amines) is 1. The van der Waals surface area contributed by atoms with Gasteiger partial charge in [-0.15, -0.1) is 5.92 Å². The Morgan fingerprint density at radius 1 is 1.19 bits per heavy atom. The summed E-state index contributed by atoms with van der Waals surface area (Å²) in [6.45, 7) is 6.39. The van der Waals surface area contributed by atoms with E-state index >= 15 is 0 Å². The molecule has 5 nitrogen and oxygen atoms in total. The molecule has 0 aromatic heterocycles. The van der Waals surface area contributed by atoms with Crippen molar-refractivity contribution in [2.24, 2.45) is 5.41 Å². The van der Waals surface area contributed by atoms with Crippen LogP contribution in [-0.2, 0) is 14.4 Å². The summed E-state index contributed by atoms with van der Waals surface area (Å²) >= 11 is 0. The first-order valence-electron chi connectivity index (χ1n) is 9.04. The van der Waals surface area contributed by atoms with Crippen LogP contribution in [0, 0.1) is 42.4 Å². The summed E-state index contributed by atoms with van der Waals surface area (Å²) in [4.78, 5) is 39.2.